The SMILES string of the molecule is CCNC(Cc1cccc(C(F)(F)F)c1)c1ccc(C)s1. The Morgan fingerprint density at radius 1 is 1.19 bits per heavy atom. The van der Waals surface area contributed by atoms with Gasteiger partial charge in [0.1, 0.15) is 0 Å². The maximum absolute atomic E-state index is 12.8. The van der Waals surface area contributed by atoms with Crippen molar-refractivity contribution in [3.05, 3.63) is 57.3 Å². The Morgan fingerprint density at radius 3 is 2.52 bits per heavy atom. The molecule has 0 fully saturated rings. The van der Waals surface area contributed by atoms with Crippen molar-refractivity contribution in [2.24, 2.45) is 0 Å². The average Bonchev–Trinajstić information content (AvgIpc) is 2.84. The molecule has 0 aliphatic heterocycles. The molecule has 1 aromatic heterocycles. The van der Waals surface area contributed by atoms with Crippen LogP contribution in [0.15, 0.2) is 36.4 Å². The molecule has 114 valence electrons. The summed E-state index contributed by atoms with van der Waals surface area (Å²) in [6, 6.07) is 9.71. The Hall–Kier alpha value is -1.33. The van der Waals surface area contributed by atoms with Gasteiger partial charge in [0.25, 0.3) is 0 Å². The molecule has 0 aliphatic rings. The van der Waals surface area contributed by atoms with E-state index in [0.717, 1.165) is 17.5 Å². The highest BCUT2D eigenvalue weighted by atomic mass is 32.1. The first-order valence-corrected chi connectivity index (χ1v) is 7.67. The second kappa shape index (κ2) is 6.62. The number of hydrogen-bond acceptors (Lipinski definition) is 2. The Kier molecular flexibility index (Phi) is 5.06. The Morgan fingerprint density at radius 2 is 1.95 bits per heavy atom. The number of nitrogens with one attached hydrogen (secondary N) is 1. The van der Waals surface area contributed by atoms with E-state index in [0.29, 0.717) is 12.0 Å². The number of halogens is 3. The molecule has 2 aromatic rings. The zero-order valence-electron chi connectivity index (χ0n) is 12.0. The van der Waals surface area contributed by atoms with Gasteiger partial charge < -0.3 is 5.32 Å². The number of benzene rings is 1. The Labute approximate surface area is 126 Å². The Balaban J connectivity index is 2.21. The summed E-state index contributed by atoms with van der Waals surface area (Å²) >= 11 is 1.68. The van der Waals surface area contributed by atoms with Gasteiger partial charge in [-0.3, -0.25) is 0 Å². The van der Waals surface area contributed by atoms with Crippen LogP contribution in [0.2, 0.25) is 0 Å². The molecule has 1 atom stereocenters. The van der Waals surface area contributed by atoms with Crippen molar-refractivity contribution in [2.75, 3.05) is 6.54 Å². The van der Waals surface area contributed by atoms with Gasteiger partial charge in [-0.1, -0.05) is 25.1 Å². The van der Waals surface area contributed by atoms with Crippen LogP contribution < -0.4 is 5.32 Å². The molecule has 0 saturated carbocycles. The zero-order valence-corrected chi connectivity index (χ0v) is 12.8. The second-order valence-electron chi connectivity index (χ2n) is 4.96. The molecule has 1 aromatic carbocycles. The van der Waals surface area contributed by atoms with Crippen molar-refractivity contribution in [3.63, 3.8) is 0 Å². The third kappa shape index (κ3) is 4.32. The zero-order chi connectivity index (χ0) is 15.5. The van der Waals surface area contributed by atoms with Gasteiger partial charge in [0.2, 0.25) is 0 Å². The van der Waals surface area contributed by atoms with Crippen molar-refractivity contribution >= 4 is 11.3 Å². The van der Waals surface area contributed by atoms with Crippen LogP contribution in [0, 0.1) is 6.92 Å². The van der Waals surface area contributed by atoms with E-state index in [9.17, 15) is 13.2 Å². The highest BCUT2D eigenvalue weighted by molar-refractivity contribution is 7.12. The fourth-order valence-corrected chi connectivity index (χ4v) is 3.22. The first-order chi connectivity index (χ1) is 9.90. The topological polar surface area (TPSA) is 12.0 Å². The quantitative estimate of drug-likeness (QED) is 0.822. The van der Waals surface area contributed by atoms with E-state index in [4.69, 9.17) is 0 Å². The lowest BCUT2D eigenvalue weighted by Gasteiger charge is -2.17. The van der Waals surface area contributed by atoms with Crippen molar-refractivity contribution in [3.8, 4) is 0 Å². The summed E-state index contributed by atoms with van der Waals surface area (Å²) in [6.45, 7) is 4.81. The molecule has 21 heavy (non-hydrogen) atoms. The highest BCUT2D eigenvalue weighted by Gasteiger charge is 2.30. The normalized spacial score (nSPS) is 13.4. The van der Waals surface area contributed by atoms with E-state index in [1.807, 2.05) is 26.0 Å². The fraction of sp³-hybridized carbons (Fsp3) is 0.375. The minimum atomic E-state index is -4.29. The molecule has 1 N–H and O–H groups in total. The first-order valence-electron chi connectivity index (χ1n) is 6.86. The molecular formula is C16H18F3NS. The minimum absolute atomic E-state index is 0.0529. The molecule has 0 spiro atoms. The summed E-state index contributed by atoms with van der Waals surface area (Å²) in [5.74, 6) is 0. The lowest BCUT2D eigenvalue weighted by molar-refractivity contribution is -0.137. The average molecular weight is 313 g/mol. The molecule has 0 radical (unpaired) electrons. The summed E-state index contributed by atoms with van der Waals surface area (Å²) in [5, 5.41) is 3.35. The molecular weight excluding hydrogens is 295 g/mol. The van der Waals surface area contributed by atoms with Gasteiger partial charge >= 0.3 is 6.18 Å². The standard InChI is InChI=1S/C16H18F3NS/c1-3-20-14(15-8-7-11(2)21-15)10-12-5-4-6-13(9-12)16(17,18)19/h4-9,14,20H,3,10H2,1-2H3. The van der Waals surface area contributed by atoms with E-state index in [1.54, 1.807) is 17.4 Å². The second-order valence-corrected chi connectivity index (χ2v) is 6.28. The molecule has 0 saturated heterocycles. The summed E-state index contributed by atoms with van der Waals surface area (Å²) in [6.07, 6.45) is -3.74. The maximum atomic E-state index is 12.8. The molecule has 0 aliphatic carbocycles. The van der Waals surface area contributed by atoms with Crippen molar-refractivity contribution in [1.82, 2.24) is 5.32 Å². The molecule has 5 heteroatoms. The van der Waals surface area contributed by atoms with Gasteiger partial charge in [-0.25, -0.2) is 0 Å². The van der Waals surface area contributed by atoms with E-state index >= 15 is 0 Å². The predicted octanol–water partition coefficient (Wildman–Crippen LogP) is 4.97. The predicted molar refractivity (Wildman–Crippen MR) is 80.6 cm³/mol. The monoisotopic (exact) mass is 313 g/mol. The molecule has 1 unspecified atom stereocenters. The Bertz CT molecular complexity index is 589. The van der Waals surface area contributed by atoms with E-state index in [1.165, 1.54) is 17.0 Å². The van der Waals surface area contributed by atoms with Gasteiger partial charge in [0, 0.05) is 15.8 Å². The van der Waals surface area contributed by atoms with Crippen molar-refractivity contribution < 1.29 is 13.2 Å². The summed E-state index contributed by atoms with van der Waals surface area (Å²) < 4.78 is 38.3. The minimum Gasteiger partial charge on any atom is -0.309 e. The van der Waals surface area contributed by atoms with Crippen LogP contribution in [0.1, 0.15) is 33.8 Å². The maximum Gasteiger partial charge on any atom is 0.416 e. The molecule has 1 heterocycles. The molecule has 2 rings (SSSR count). The van der Waals surface area contributed by atoms with Gasteiger partial charge in [-0.15, -0.1) is 11.3 Å². The van der Waals surface area contributed by atoms with Crippen LogP contribution in [0.5, 0.6) is 0 Å². The van der Waals surface area contributed by atoms with Gasteiger partial charge in [0.15, 0.2) is 0 Å². The molecule has 0 bridgehead atoms. The number of hydrogen-bond donors (Lipinski definition) is 1. The van der Waals surface area contributed by atoms with Crippen molar-refractivity contribution in [2.45, 2.75) is 32.5 Å². The highest BCUT2D eigenvalue weighted by Crippen LogP contribution is 2.31. The number of alkyl halides is 3. The number of likely N-dealkylation sites (N-methyl/N-ethyl adjacent to an activating group) is 1. The fourth-order valence-electron chi connectivity index (χ4n) is 2.27. The lowest BCUT2D eigenvalue weighted by atomic mass is 10.0. The van der Waals surface area contributed by atoms with Crippen LogP contribution >= 0.6 is 11.3 Å². The van der Waals surface area contributed by atoms with Crippen LogP contribution in [0.25, 0.3) is 0 Å². The van der Waals surface area contributed by atoms with Gasteiger partial charge in [-0.2, -0.15) is 13.2 Å². The number of rotatable bonds is 5. The molecule has 1 nitrogen and oxygen atoms in total. The van der Waals surface area contributed by atoms with Crippen LogP contribution in [-0.2, 0) is 12.6 Å². The van der Waals surface area contributed by atoms with Crippen LogP contribution in [-0.4, -0.2) is 6.54 Å². The van der Waals surface area contributed by atoms with E-state index in [-0.39, 0.29) is 6.04 Å². The number of aryl methyl sites for hydroxylation is 1. The third-order valence-corrected chi connectivity index (χ3v) is 4.36. The summed E-state index contributed by atoms with van der Waals surface area (Å²) in [7, 11) is 0. The summed E-state index contributed by atoms with van der Waals surface area (Å²) in [4.78, 5) is 2.36. The van der Waals surface area contributed by atoms with Gasteiger partial charge in [0.05, 0.1) is 5.56 Å². The van der Waals surface area contributed by atoms with Crippen LogP contribution in [0.4, 0.5) is 13.2 Å². The third-order valence-electron chi connectivity index (χ3n) is 3.25. The lowest BCUT2D eigenvalue weighted by Crippen LogP contribution is -2.22. The van der Waals surface area contributed by atoms with E-state index in [2.05, 4.69) is 5.32 Å². The van der Waals surface area contributed by atoms with E-state index < -0.39 is 11.7 Å². The smallest absolute Gasteiger partial charge is 0.309 e. The molecule has 0 amide bonds. The summed E-state index contributed by atoms with van der Waals surface area (Å²) in [5.41, 5.74) is 0.111. The number of thiophene rings is 1. The van der Waals surface area contributed by atoms with Crippen molar-refractivity contribution in [1.29, 1.82) is 0 Å². The van der Waals surface area contributed by atoms with Gasteiger partial charge in [-0.05, 0) is 43.7 Å². The van der Waals surface area contributed by atoms with Crippen LogP contribution in [0.3, 0.4) is 0 Å². The largest absolute Gasteiger partial charge is 0.416 e. The first kappa shape index (κ1) is 16.0.